The molecule has 0 bridgehead atoms. The maximum Gasteiger partial charge on any atom is 0.251 e. The van der Waals surface area contributed by atoms with Crippen LogP contribution in [0.2, 0.25) is 5.28 Å². The van der Waals surface area contributed by atoms with Crippen LogP contribution in [0.3, 0.4) is 0 Å². The Morgan fingerprint density at radius 1 is 1.53 bits per heavy atom. The van der Waals surface area contributed by atoms with Crippen molar-refractivity contribution in [1.82, 2.24) is 14.5 Å². The lowest BCUT2D eigenvalue weighted by Gasteiger charge is -2.08. The van der Waals surface area contributed by atoms with Gasteiger partial charge in [0.1, 0.15) is 0 Å². The first-order chi connectivity index (χ1) is 7.13. The molecule has 0 saturated heterocycles. The fraction of sp³-hybridized carbons (Fsp3) is 0.300. The molecule has 0 fully saturated rings. The smallest absolute Gasteiger partial charge is 0.251 e. The van der Waals surface area contributed by atoms with E-state index in [0.717, 1.165) is 16.6 Å². The van der Waals surface area contributed by atoms with Crippen LogP contribution in [-0.2, 0) is 6.54 Å². The molecule has 0 N–H and O–H groups in total. The quantitative estimate of drug-likeness (QED) is 0.693. The van der Waals surface area contributed by atoms with Crippen LogP contribution in [0.25, 0.3) is 11.0 Å². The minimum atomic E-state index is -0.0339. The molecule has 0 atom stereocenters. The molecule has 0 unspecified atom stereocenters. The summed E-state index contributed by atoms with van der Waals surface area (Å²) in [6.07, 6.45) is 1.59. The molecule has 2 heterocycles. The second-order valence-electron chi connectivity index (χ2n) is 3.28. The van der Waals surface area contributed by atoms with Crippen molar-refractivity contribution in [1.29, 1.82) is 0 Å². The van der Waals surface area contributed by atoms with Gasteiger partial charge in [0.25, 0.3) is 5.56 Å². The van der Waals surface area contributed by atoms with Crippen LogP contribution < -0.4 is 5.56 Å². The van der Waals surface area contributed by atoms with E-state index in [9.17, 15) is 4.79 Å². The zero-order valence-electron chi connectivity index (χ0n) is 8.49. The van der Waals surface area contributed by atoms with E-state index < -0.39 is 0 Å². The summed E-state index contributed by atoms with van der Waals surface area (Å²) in [5, 5.41) is 0.201. The van der Waals surface area contributed by atoms with Crippen molar-refractivity contribution in [2.45, 2.75) is 20.4 Å². The highest BCUT2D eigenvalue weighted by atomic mass is 35.5. The highest BCUT2D eigenvalue weighted by molar-refractivity contribution is 6.28. The molecule has 78 valence electrons. The molecule has 0 aliphatic carbocycles. The lowest BCUT2D eigenvalue weighted by atomic mass is 10.2. The molecule has 0 saturated carbocycles. The topological polar surface area (TPSA) is 47.8 Å². The van der Waals surface area contributed by atoms with E-state index in [0.29, 0.717) is 6.54 Å². The summed E-state index contributed by atoms with van der Waals surface area (Å²) in [5.74, 6) is 0. The van der Waals surface area contributed by atoms with Crippen LogP contribution >= 0.6 is 11.6 Å². The molecule has 2 aromatic rings. The molecule has 2 aromatic heterocycles. The van der Waals surface area contributed by atoms with Crippen molar-refractivity contribution >= 4 is 22.6 Å². The predicted octanol–water partition coefficient (Wildman–Crippen LogP) is 1.77. The van der Waals surface area contributed by atoms with Gasteiger partial charge >= 0.3 is 0 Å². The molecule has 5 heteroatoms. The predicted molar refractivity (Wildman–Crippen MR) is 59.2 cm³/mol. The Balaban J connectivity index is 2.96. The van der Waals surface area contributed by atoms with Crippen LogP contribution in [0.1, 0.15) is 12.5 Å². The van der Waals surface area contributed by atoms with Crippen molar-refractivity contribution in [2.24, 2.45) is 0 Å². The van der Waals surface area contributed by atoms with Gasteiger partial charge in [-0.15, -0.1) is 0 Å². The van der Waals surface area contributed by atoms with Crippen LogP contribution in [-0.4, -0.2) is 14.5 Å². The van der Waals surface area contributed by atoms with E-state index in [2.05, 4.69) is 9.97 Å². The fourth-order valence-corrected chi connectivity index (χ4v) is 1.75. The lowest BCUT2D eigenvalue weighted by Crippen LogP contribution is -2.19. The SMILES string of the molecule is CCn1c(=O)cc(C)c2nc(Cl)ncc21. The Hall–Kier alpha value is -1.42. The number of fused-ring (bicyclic) bond motifs is 1. The Morgan fingerprint density at radius 2 is 2.27 bits per heavy atom. The summed E-state index contributed by atoms with van der Waals surface area (Å²) in [6, 6.07) is 1.56. The number of aromatic nitrogens is 3. The molecule has 0 radical (unpaired) electrons. The number of aryl methyl sites for hydroxylation is 2. The molecule has 0 aromatic carbocycles. The zero-order valence-corrected chi connectivity index (χ0v) is 9.25. The van der Waals surface area contributed by atoms with E-state index in [1.54, 1.807) is 16.8 Å². The van der Waals surface area contributed by atoms with Gasteiger partial charge in [-0.2, -0.15) is 0 Å². The van der Waals surface area contributed by atoms with Gasteiger partial charge in [0.05, 0.1) is 17.2 Å². The third kappa shape index (κ3) is 1.61. The first-order valence-electron chi connectivity index (χ1n) is 4.66. The van der Waals surface area contributed by atoms with Crippen LogP contribution in [0.15, 0.2) is 17.1 Å². The number of pyridine rings is 1. The molecule has 2 rings (SSSR count). The van der Waals surface area contributed by atoms with E-state index in [1.165, 1.54) is 0 Å². The molecule has 0 aliphatic rings. The molecule has 0 amide bonds. The monoisotopic (exact) mass is 223 g/mol. The average molecular weight is 224 g/mol. The summed E-state index contributed by atoms with van der Waals surface area (Å²) < 4.78 is 1.62. The Bertz CT molecular complexity index is 577. The first kappa shape index (κ1) is 10.1. The van der Waals surface area contributed by atoms with Gasteiger partial charge in [0.2, 0.25) is 5.28 Å². The largest absolute Gasteiger partial charge is 0.306 e. The summed E-state index contributed by atoms with van der Waals surface area (Å²) in [7, 11) is 0. The summed E-state index contributed by atoms with van der Waals surface area (Å²) in [4.78, 5) is 19.7. The second kappa shape index (κ2) is 3.62. The van der Waals surface area contributed by atoms with Gasteiger partial charge in [0, 0.05) is 12.6 Å². The van der Waals surface area contributed by atoms with Gasteiger partial charge in [-0.3, -0.25) is 4.79 Å². The summed E-state index contributed by atoms with van der Waals surface area (Å²) in [6.45, 7) is 4.35. The van der Waals surface area contributed by atoms with Gasteiger partial charge in [0.15, 0.2) is 0 Å². The van der Waals surface area contributed by atoms with Crippen molar-refractivity contribution < 1.29 is 0 Å². The van der Waals surface area contributed by atoms with Crippen molar-refractivity contribution in [3.8, 4) is 0 Å². The number of rotatable bonds is 1. The number of nitrogens with zero attached hydrogens (tertiary/aromatic N) is 3. The number of hydrogen-bond acceptors (Lipinski definition) is 3. The Labute approximate surface area is 91.5 Å². The fourth-order valence-electron chi connectivity index (χ4n) is 1.62. The summed E-state index contributed by atoms with van der Waals surface area (Å²) >= 11 is 5.72. The van der Waals surface area contributed by atoms with Crippen LogP contribution in [0.5, 0.6) is 0 Å². The minimum absolute atomic E-state index is 0.0339. The number of halogens is 1. The molecule has 15 heavy (non-hydrogen) atoms. The maximum atomic E-state index is 11.6. The van der Waals surface area contributed by atoms with E-state index >= 15 is 0 Å². The summed E-state index contributed by atoms with van der Waals surface area (Å²) in [5.41, 5.74) is 2.25. The van der Waals surface area contributed by atoms with Crippen molar-refractivity contribution in [2.75, 3.05) is 0 Å². The standard InChI is InChI=1S/C10H10ClN3O/c1-3-14-7-5-12-10(11)13-9(7)6(2)4-8(14)15/h4-5H,3H2,1-2H3. The van der Waals surface area contributed by atoms with Crippen molar-refractivity contribution in [3.05, 3.63) is 33.5 Å². The Morgan fingerprint density at radius 3 is 2.93 bits per heavy atom. The van der Waals surface area contributed by atoms with E-state index in [4.69, 9.17) is 11.6 Å². The van der Waals surface area contributed by atoms with Crippen molar-refractivity contribution in [3.63, 3.8) is 0 Å². The van der Waals surface area contributed by atoms with Gasteiger partial charge in [-0.25, -0.2) is 9.97 Å². The molecule has 0 aliphatic heterocycles. The molecular formula is C10H10ClN3O. The third-order valence-electron chi connectivity index (χ3n) is 2.33. The van der Waals surface area contributed by atoms with E-state index in [1.807, 2.05) is 13.8 Å². The average Bonchev–Trinajstić information content (AvgIpc) is 2.19. The molecule has 0 spiro atoms. The highest BCUT2D eigenvalue weighted by Gasteiger charge is 2.07. The van der Waals surface area contributed by atoms with Gasteiger partial charge in [-0.1, -0.05) is 0 Å². The molecule has 4 nitrogen and oxygen atoms in total. The first-order valence-corrected chi connectivity index (χ1v) is 5.04. The third-order valence-corrected chi connectivity index (χ3v) is 2.51. The second-order valence-corrected chi connectivity index (χ2v) is 3.62. The van der Waals surface area contributed by atoms with E-state index in [-0.39, 0.29) is 10.8 Å². The minimum Gasteiger partial charge on any atom is -0.306 e. The van der Waals surface area contributed by atoms with Crippen LogP contribution in [0, 0.1) is 6.92 Å². The lowest BCUT2D eigenvalue weighted by molar-refractivity contribution is 0.755. The number of hydrogen-bond donors (Lipinski definition) is 0. The Kier molecular flexibility index (Phi) is 2.44. The van der Waals surface area contributed by atoms with Gasteiger partial charge < -0.3 is 4.57 Å². The normalized spacial score (nSPS) is 10.9. The zero-order chi connectivity index (χ0) is 11.0. The maximum absolute atomic E-state index is 11.6. The van der Waals surface area contributed by atoms with Gasteiger partial charge in [-0.05, 0) is 31.0 Å². The highest BCUT2D eigenvalue weighted by Crippen LogP contribution is 2.14. The molecular weight excluding hydrogens is 214 g/mol. The van der Waals surface area contributed by atoms with Crippen LogP contribution in [0.4, 0.5) is 0 Å².